The summed E-state index contributed by atoms with van der Waals surface area (Å²) >= 11 is 0.981. The maximum atomic E-state index is 13.1. The van der Waals surface area contributed by atoms with Crippen molar-refractivity contribution in [2.45, 2.75) is 11.4 Å². The number of methoxy groups -OCH3 is 2. The van der Waals surface area contributed by atoms with Crippen molar-refractivity contribution in [2.75, 3.05) is 18.9 Å². The van der Waals surface area contributed by atoms with Crippen LogP contribution in [0.25, 0.3) is 10.2 Å². The van der Waals surface area contributed by atoms with Gasteiger partial charge in [0.05, 0.1) is 47.1 Å². The van der Waals surface area contributed by atoms with Gasteiger partial charge in [-0.1, -0.05) is 41.7 Å². The molecular weight excluding hydrogens is 464 g/mol. The SMILES string of the molecule is COC(=O)c1ccc(OC)c(NS(=O)(=O)c2ccc3c(c2)sc(=O)n3Cc2ccccc2)c1. The number of hydrogen-bond donors (Lipinski definition) is 1. The summed E-state index contributed by atoms with van der Waals surface area (Å²) in [6.45, 7) is 0.390. The number of carbonyl (C=O) groups excluding carboxylic acids is 1. The van der Waals surface area contributed by atoms with Crippen LogP contribution < -0.4 is 14.3 Å². The molecule has 10 heteroatoms. The van der Waals surface area contributed by atoms with Crippen LogP contribution in [0.15, 0.2) is 76.4 Å². The van der Waals surface area contributed by atoms with Gasteiger partial charge in [-0.3, -0.25) is 14.1 Å². The highest BCUT2D eigenvalue weighted by Gasteiger charge is 2.20. The number of sulfonamides is 1. The number of rotatable bonds is 7. The van der Waals surface area contributed by atoms with Gasteiger partial charge in [-0.05, 0) is 42.0 Å². The van der Waals surface area contributed by atoms with Crippen molar-refractivity contribution in [2.24, 2.45) is 0 Å². The molecule has 1 aromatic heterocycles. The standard InChI is InChI=1S/C23H20N2O6S2/c1-30-20-11-8-16(22(26)31-2)12-18(20)24-33(28,29)17-9-10-19-21(13-17)32-23(27)25(19)14-15-6-4-3-5-7-15/h3-13,24H,14H2,1-2H3. The van der Waals surface area contributed by atoms with E-state index in [4.69, 9.17) is 9.47 Å². The Kier molecular flexibility index (Phi) is 6.21. The molecule has 33 heavy (non-hydrogen) atoms. The van der Waals surface area contributed by atoms with Crippen molar-refractivity contribution in [1.29, 1.82) is 0 Å². The Bertz CT molecular complexity index is 1490. The van der Waals surface area contributed by atoms with Gasteiger partial charge in [0.1, 0.15) is 5.75 Å². The Morgan fingerprint density at radius 1 is 1.03 bits per heavy atom. The average Bonchev–Trinajstić information content (AvgIpc) is 3.13. The molecule has 0 aliphatic carbocycles. The fourth-order valence-electron chi connectivity index (χ4n) is 3.37. The molecule has 0 aliphatic heterocycles. The number of nitrogens with one attached hydrogen (secondary N) is 1. The van der Waals surface area contributed by atoms with E-state index in [-0.39, 0.29) is 26.8 Å². The molecule has 170 valence electrons. The fraction of sp³-hybridized carbons (Fsp3) is 0.130. The monoisotopic (exact) mass is 484 g/mol. The van der Waals surface area contributed by atoms with E-state index in [2.05, 4.69) is 4.72 Å². The first kappa shape index (κ1) is 22.6. The lowest BCUT2D eigenvalue weighted by Crippen LogP contribution is -2.15. The molecule has 1 heterocycles. The number of nitrogens with zero attached hydrogens (tertiary/aromatic N) is 1. The zero-order valence-electron chi connectivity index (χ0n) is 17.8. The summed E-state index contributed by atoms with van der Waals surface area (Å²) in [6, 6.07) is 18.4. The number of esters is 1. The molecule has 0 saturated carbocycles. The molecule has 0 aliphatic rings. The predicted molar refractivity (Wildman–Crippen MR) is 127 cm³/mol. The Morgan fingerprint density at radius 3 is 2.48 bits per heavy atom. The smallest absolute Gasteiger partial charge is 0.337 e. The van der Waals surface area contributed by atoms with Crippen molar-refractivity contribution in [3.8, 4) is 5.75 Å². The molecule has 8 nitrogen and oxygen atoms in total. The highest BCUT2D eigenvalue weighted by atomic mass is 32.2. The van der Waals surface area contributed by atoms with Gasteiger partial charge in [-0.25, -0.2) is 13.2 Å². The Balaban J connectivity index is 1.69. The number of aromatic nitrogens is 1. The molecule has 0 atom stereocenters. The summed E-state index contributed by atoms with van der Waals surface area (Å²) in [4.78, 5) is 24.2. The number of fused-ring (bicyclic) bond motifs is 1. The van der Waals surface area contributed by atoms with Crippen LogP contribution in [-0.4, -0.2) is 33.2 Å². The van der Waals surface area contributed by atoms with Crippen LogP contribution in [0.3, 0.4) is 0 Å². The fourth-order valence-corrected chi connectivity index (χ4v) is 5.46. The largest absolute Gasteiger partial charge is 0.495 e. The van der Waals surface area contributed by atoms with Crippen molar-refractivity contribution in [1.82, 2.24) is 4.57 Å². The molecule has 0 saturated heterocycles. The number of benzene rings is 3. The zero-order valence-corrected chi connectivity index (χ0v) is 19.4. The van der Waals surface area contributed by atoms with Crippen LogP contribution in [0.4, 0.5) is 5.69 Å². The first-order valence-electron chi connectivity index (χ1n) is 9.79. The minimum atomic E-state index is -4.04. The highest BCUT2D eigenvalue weighted by molar-refractivity contribution is 7.92. The van der Waals surface area contributed by atoms with Gasteiger partial charge in [0.25, 0.3) is 10.0 Å². The van der Waals surface area contributed by atoms with Crippen molar-refractivity contribution < 1.29 is 22.7 Å². The van der Waals surface area contributed by atoms with E-state index in [9.17, 15) is 18.0 Å². The first-order valence-corrected chi connectivity index (χ1v) is 12.1. The maximum absolute atomic E-state index is 13.1. The first-order chi connectivity index (χ1) is 15.8. The van der Waals surface area contributed by atoms with Crippen molar-refractivity contribution in [3.05, 3.63) is 87.5 Å². The zero-order chi connectivity index (χ0) is 23.6. The van der Waals surface area contributed by atoms with Crippen LogP contribution in [0.5, 0.6) is 5.75 Å². The second-order valence-electron chi connectivity index (χ2n) is 7.08. The van der Waals surface area contributed by atoms with Gasteiger partial charge < -0.3 is 9.47 Å². The second-order valence-corrected chi connectivity index (χ2v) is 9.76. The van der Waals surface area contributed by atoms with Crippen LogP contribution in [0.2, 0.25) is 0 Å². The van der Waals surface area contributed by atoms with Gasteiger partial charge in [-0.2, -0.15) is 0 Å². The van der Waals surface area contributed by atoms with Gasteiger partial charge in [0.2, 0.25) is 0 Å². The van der Waals surface area contributed by atoms with E-state index in [1.165, 1.54) is 44.6 Å². The van der Waals surface area contributed by atoms with Crippen molar-refractivity contribution >= 4 is 43.2 Å². The van der Waals surface area contributed by atoms with Gasteiger partial charge in [-0.15, -0.1) is 0 Å². The average molecular weight is 485 g/mol. The van der Waals surface area contributed by atoms with Crippen LogP contribution >= 0.6 is 11.3 Å². The third-order valence-corrected chi connectivity index (χ3v) is 7.30. The quantitative estimate of drug-likeness (QED) is 0.401. The number of carbonyl (C=O) groups is 1. The summed E-state index contributed by atoms with van der Waals surface area (Å²) in [5, 5.41) is 0. The molecule has 0 amide bonds. The molecule has 4 rings (SSSR count). The summed E-state index contributed by atoms with van der Waals surface area (Å²) in [5.41, 5.74) is 1.88. The lowest BCUT2D eigenvalue weighted by atomic mass is 10.2. The molecule has 0 fully saturated rings. The second kappa shape index (κ2) is 9.08. The third kappa shape index (κ3) is 4.62. The van der Waals surface area contributed by atoms with E-state index in [1.54, 1.807) is 10.6 Å². The van der Waals surface area contributed by atoms with E-state index < -0.39 is 16.0 Å². The predicted octanol–water partition coefficient (Wildman–Crippen LogP) is 3.71. The third-order valence-electron chi connectivity index (χ3n) is 5.00. The Morgan fingerprint density at radius 2 is 1.79 bits per heavy atom. The van der Waals surface area contributed by atoms with Crippen LogP contribution in [0, 0.1) is 0 Å². The molecule has 0 unspecified atom stereocenters. The van der Waals surface area contributed by atoms with Gasteiger partial charge >= 0.3 is 10.8 Å². The van der Waals surface area contributed by atoms with Gasteiger partial charge in [0.15, 0.2) is 0 Å². The topological polar surface area (TPSA) is 104 Å². The molecule has 0 spiro atoms. The van der Waals surface area contributed by atoms with Gasteiger partial charge in [0, 0.05) is 0 Å². The normalized spacial score (nSPS) is 11.3. The van der Waals surface area contributed by atoms with E-state index in [1.807, 2.05) is 30.3 Å². The molecular formula is C23H20N2O6S2. The molecule has 0 radical (unpaired) electrons. The summed E-state index contributed by atoms with van der Waals surface area (Å²) < 4.78 is 40.7. The lowest BCUT2D eigenvalue weighted by molar-refractivity contribution is 0.0600. The number of anilines is 1. The lowest BCUT2D eigenvalue weighted by Gasteiger charge is -2.13. The highest BCUT2D eigenvalue weighted by Crippen LogP contribution is 2.30. The van der Waals surface area contributed by atoms with E-state index in [0.717, 1.165) is 16.9 Å². The molecule has 3 aromatic carbocycles. The van der Waals surface area contributed by atoms with Crippen LogP contribution in [0.1, 0.15) is 15.9 Å². The Labute approximate surface area is 194 Å². The maximum Gasteiger partial charge on any atom is 0.337 e. The van der Waals surface area contributed by atoms with Crippen LogP contribution in [-0.2, 0) is 21.3 Å². The number of thiazole rings is 1. The minimum absolute atomic E-state index is 0.0198. The molecule has 4 aromatic rings. The summed E-state index contributed by atoms with van der Waals surface area (Å²) in [7, 11) is -1.41. The number of hydrogen-bond acceptors (Lipinski definition) is 7. The van der Waals surface area contributed by atoms with E-state index >= 15 is 0 Å². The number of ether oxygens (including phenoxy) is 2. The molecule has 0 bridgehead atoms. The Hall–Kier alpha value is -3.63. The minimum Gasteiger partial charge on any atom is -0.495 e. The van der Waals surface area contributed by atoms with Crippen molar-refractivity contribution in [3.63, 3.8) is 0 Å². The summed E-state index contributed by atoms with van der Waals surface area (Å²) in [6.07, 6.45) is 0. The van der Waals surface area contributed by atoms with E-state index in [0.29, 0.717) is 16.8 Å². The summed E-state index contributed by atoms with van der Waals surface area (Å²) in [5.74, 6) is -0.366. The molecule has 1 N–H and O–H groups in total.